The predicted octanol–water partition coefficient (Wildman–Crippen LogP) is 0.855. The molecule has 0 aliphatic rings. The summed E-state index contributed by atoms with van der Waals surface area (Å²) in [6.45, 7) is 7.91. The van der Waals surface area contributed by atoms with Gasteiger partial charge in [-0.05, 0) is 39.2 Å². The Bertz CT molecular complexity index is 336. The van der Waals surface area contributed by atoms with Crippen LogP contribution < -0.4 is 11.3 Å². The largest absolute Gasteiger partial charge is 0.307 e. The van der Waals surface area contributed by atoms with E-state index in [0.29, 0.717) is 5.84 Å². The summed E-state index contributed by atoms with van der Waals surface area (Å²) in [6, 6.07) is 0. The molecule has 0 spiro atoms. The van der Waals surface area contributed by atoms with Crippen LogP contribution in [0.5, 0.6) is 0 Å². The van der Waals surface area contributed by atoms with Crippen LogP contribution in [-0.2, 0) is 0 Å². The zero-order valence-electron chi connectivity index (χ0n) is 8.83. The Morgan fingerprint density at radius 1 is 1.50 bits per heavy atom. The summed E-state index contributed by atoms with van der Waals surface area (Å²) in [5.41, 5.74) is 3.26. The fourth-order valence-corrected chi connectivity index (χ4v) is 1.54. The van der Waals surface area contributed by atoms with Crippen molar-refractivity contribution in [1.29, 1.82) is 0 Å². The smallest absolute Gasteiger partial charge is 0.156 e. The van der Waals surface area contributed by atoms with Gasteiger partial charge in [0, 0.05) is 0 Å². The molecule has 14 heavy (non-hydrogen) atoms. The van der Waals surface area contributed by atoms with E-state index in [0.717, 1.165) is 10.6 Å². The number of hydrogen-bond donors (Lipinski definition) is 2. The molecular weight excluding hydrogens is 198 g/mol. The average Bonchev–Trinajstić information content (AvgIpc) is 2.45. The monoisotopic (exact) mass is 213 g/mol. The summed E-state index contributed by atoms with van der Waals surface area (Å²) >= 11 is 1.29. The topological polar surface area (TPSA) is 76.2 Å². The molecule has 0 aliphatic carbocycles. The second-order valence-electron chi connectivity index (χ2n) is 3.96. The van der Waals surface area contributed by atoms with E-state index in [9.17, 15) is 0 Å². The maximum absolute atomic E-state index is 5.41. The minimum Gasteiger partial charge on any atom is -0.307 e. The third-order valence-electron chi connectivity index (χ3n) is 1.45. The van der Waals surface area contributed by atoms with E-state index in [-0.39, 0.29) is 5.54 Å². The molecule has 1 aromatic rings. The molecule has 0 atom stereocenters. The molecule has 0 bridgehead atoms. The van der Waals surface area contributed by atoms with Crippen LogP contribution in [0.25, 0.3) is 0 Å². The first kappa shape index (κ1) is 11.1. The van der Waals surface area contributed by atoms with Gasteiger partial charge in [0.2, 0.25) is 0 Å². The number of hydrogen-bond acceptors (Lipinski definition) is 5. The van der Waals surface area contributed by atoms with E-state index in [1.165, 1.54) is 11.5 Å². The molecule has 5 nitrogen and oxygen atoms in total. The molecule has 0 aliphatic heterocycles. The van der Waals surface area contributed by atoms with E-state index in [1.807, 2.05) is 27.7 Å². The number of rotatable bonds is 1. The van der Waals surface area contributed by atoms with Crippen molar-refractivity contribution in [2.45, 2.75) is 33.2 Å². The number of aromatic nitrogens is 2. The minimum atomic E-state index is -0.169. The van der Waals surface area contributed by atoms with Gasteiger partial charge >= 0.3 is 0 Å². The Balaban J connectivity index is 3.05. The second-order valence-corrected chi connectivity index (χ2v) is 4.72. The number of nitrogens with zero attached hydrogens (tertiary/aromatic N) is 3. The Hall–Kier alpha value is -1.01. The quantitative estimate of drug-likeness (QED) is 0.314. The summed E-state index contributed by atoms with van der Waals surface area (Å²) in [5, 5.41) is 3.91. The third kappa shape index (κ3) is 2.74. The molecule has 3 N–H and O–H groups in total. The van der Waals surface area contributed by atoms with Crippen molar-refractivity contribution in [2.75, 3.05) is 0 Å². The maximum Gasteiger partial charge on any atom is 0.156 e. The number of hydrazine groups is 1. The van der Waals surface area contributed by atoms with Crippen LogP contribution in [0, 0.1) is 6.92 Å². The molecule has 0 fully saturated rings. The second kappa shape index (κ2) is 4.02. The Labute approximate surface area is 87.6 Å². The van der Waals surface area contributed by atoms with Gasteiger partial charge in [-0.3, -0.25) is 4.99 Å². The highest BCUT2D eigenvalue weighted by atomic mass is 32.1. The maximum atomic E-state index is 5.41. The number of aliphatic imine (C=N–C) groups is 1. The molecule has 0 unspecified atom stereocenters. The fourth-order valence-electron chi connectivity index (χ4n) is 0.933. The van der Waals surface area contributed by atoms with Gasteiger partial charge in [0.15, 0.2) is 5.84 Å². The predicted molar refractivity (Wildman–Crippen MR) is 58.3 cm³/mol. The molecule has 78 valence electrons. The van der Waals surface area contributed by atoms with Gasteiger partial charge in [0.1, 0.15) is 4.88 Å². The van der Waals surface area contributed by atoms with Gasteiger partial charge in [-0.15, -0.1) is 5.10 Å². The van der Waals surface area contributed by atoms with E-state index in [1.54, 1.807) is 0 Å². The first-order valence-electron chi connectivity index (χ1n) is 4.30. The number of amidine groups is 1. The standard InChI is InChI=1S/C8H15N5S/c1-5-6(14-13-12-5)7(11-9)10-8(2,3)4/h9H2,1-4H3,(H,10,11). The van der Waals surface area contributed by atoms with Crippen LogP contribution in [0.1, 0.15) is 31.3 Å². The molecule has 1 aromatic heterocycles. The third-order valence-corrected chi connectivity index (χ3v) is 2.29. The highest BCUT2D eigenvalue weighted by molar-refractivity contribution is 7.08. The molecule has 6 heteroatoms. The van der Waals surface area contributed by atoms with Crippen LogP contribution in [0.15, 0.2) is 4.99 Å². The van der Waals surface area contributed by atoms with Crippen molar-refractivity contribution in [3.63, 3.8) is 0 Å². The fraction of sp³-hybridized carbons (Fsp3) is 0.625. The molecule has 0 saturated carbocycles. The molecule has 0 saturated heterocycles. The van der Waals surface area contributed by atoms with Crippen molar-refractivity contribution in [3.8, 4) is 0 Å². The first-order chi connectivity index (χ1) is 6.44. The van der Waals surface area contributed by atoms with Crippen LogP contribution in [-0.4, -0.2) is 21.0 Å². The van der Waals surface area contributed by atoms with Crippen molar-refractivity contribution >= 4 is 17.4 Å². The summed E-state index contributed by atoms with van der Waals surface area (Å²) < 4.78 is 3.84. The van der Waals surface area contributed by atoms with Crippen molar-refractivity contribution in [1.82, 2.24) is 15.0 Å². The van der Waals surface area contributed by atoms with E-state index in [4.69, 9.17) is 5.84 Å². The molecule has 0 radical (unpaired) electrons. The van der Waals surface area contributed by atoms with Gasteiger partial charge in [-0.2, -0.15) is 0 Å². The Kier molecular flexibility index (Phi) is 3.17. The van der Waals surface area contributed by atoms with E-state index in [2.05, 4.69) is 20.0 Å². The highest BCUT2D eigenvalue weighted by Crippen LogP contribution is 2.13. The van der Waals surface area contributed by atoms with Crippen molar-refractivity contribution in [3.05, 3.63) is 10.6 Å². The minimum absolute atomic E-state index is 0.169. The number of aryl methyl sites for hydroxylation is 1. The van der Waals surface area contributed by atoms with Gasteiger partial charge < -0.3 is 5.43 Å². The Morgan fingerprint density at radius 2 is 2.14 bits per heavy atom. The lowest BCUT2D eigenvalue weighted by atomic mass is 10.1. The molecule has 0 aromatic carbocycles. The molecule has 1 rings (SSSR count). The van der Waals surface area contributed by atoms with Crippen molar-refractivity contribution < 1.29 is 0 Å². The summed E-state index contributed by atoms with van der Waals surface area (Å²) in [6.07, 6.45) is 0. The van der Waals surface area contributed by atoms with Gasteiger partial charge in [-0.1, -0.05) is 4.49 Å². The van der Waals surface area contributed by atoms with E-state index >= 15 is 0 Å². The van der Waals surface area contributed by atoms with Gasteiger partial charge in [-0.25, -0.2) is 5.84 Å². The van der Waals surface area contributed by atoms with E-state index < -0.39 is 0 Å². The summed E-state index contributed by atoms with van der Waals surface area (Å²) in [4.78, 5) is 5.33. The Morgan fingerprint density at radius 3 is 2.50 bits per heavy atom. The summed E-state index contributed by atoms with van der Waals surface area (Å²) in [5.74, 6) is 6.05. The molecule has 0 amide bonds. The van der Waals surface area contributed by atoms with Gasteiger partial charge in [0.05, 0.1) is 11.2 Å². The molecule has 1 heterocycles. The zero-order chi connectivity index (χ0) is 10.8. The first-order valence-corrected chi connectivity index (χ1v) is 5.07. The number of nitrogens with one attached hydrogen (secondary N) is 1. The van der Waals surface area contributed by atoms with Crippen LogP contribution in [0.4, 0.5) is 0 Å². The molecular formula is C8H15N5S. The lowest BCUT2D eigenvalue weighted by molar-refractivity contribution is 0.580. The average molecular weight is 213 g/mol. The van der Waals surface area contributed by atoms with Crippen LogP contribution >= 0.6 is 11.5 Å². The lowest BCUT2D eigenvalue weighted by Gasteiger charge is -2.14. The lowest BCUT2D eigenvalue weighted by Crippen LogP contribution is -2.33. The number of nitrogens with two attached hydrogens (primary N) is 1. The van der Waals surface area contributed by atoms with Gasteiger partial charge in [0.25, 0.3) is 0 Å². The van der Waals surface area contributed by atoms with Crippen LogP contribution in [0.3, 0.4) is 0 Å². The summed E-state index contributed by atoms with van der Waals surface area (Å²) in [7, 11) is 0. The highest BCUT2D eigenvalue weighted by Gasteiger charge is 2.14. The normalized spacial score (nSPS) is 13.1. The SMILES string of the molecule is Cc1nnsc1C(=NC(C)(C)C)NN. The zero-order valence-corrected chi connectivity index (χ0v) is 9.64. The van der Waals surface area contributed by atoms with Crippen molar-refractivity contribution in [2.24, 2.45) is 10.8 Å². The van der Waals surface area contributed by atoms with Crippen LogP contribution in [0.2, 0.25) is 0 Å².